The normalized spacial score (nSPS) is 14.2. The van der Waals surface area contributed by atoms with Gasteiger partial charge in [-0.1, -0.05) is 6.07 Å². The van der Waals surface area contributed by atoms with E-state index in [2.05, 4.69) is 10.3 Å². The molecule has 19 heavy (non-hydrogen) atoms. The third-order valence-corrected chi connectivity index (χ3v) is 4.40. The molecular weight excluding hydrogens is 262 g/mol. The topological polar surface area (TPSA) is 68.1 Å². The predicted molar refractivity (Wildman–Crippen MR) is 74.4 cm³/mol. The van der Waals surface area contributed by atoms with Gasteiger partial charge in [-0.2, -0.15) is 0 Å². The van der Waals surface area contributed by atoms with Crippen LogP contribution in [0.25, 0.3) is 10.6 Å². The molecule has 1 aromatic heterocycles. The van der Waals surface area contributed by atoms with Gasteiger partial charge in [-0.15, -0.1) is 11.3 Å². The summed E-state index contributed by atoms with van der Waals surface area (Å²) in [7, 11) is 0. The summed E-state index contributed by atoms with van der Waals surface area (Å²) in [4.78, 5) is 16.4. The van der Waals surface area contributed by atoms with Crippen molar-refractivity contribution in [2.45, 2.75) is 19.9 Å². The number of hydrogen-bond donors (Lipinski definition) is 1. The van der Waals surface area contributed by atoms with E-state index in [0.717, 1.165) is 41.3 Å². The van der Waals surface area contributed by atoms with E-state index in [-0.39, 0.29) is 10.6 Å². The Morgan fingerprint density at radius 1 is 1.47 bits per heavy atom. The van der Waals surface area contributed by atoms with Crippen LogP contribution in [0.5, 0.6) is 0 Å². The molecule has 0 fully saturated rings. The molecule has 5 nitrogen and oxygen atoms in total. The van der Waals surface area contributed by atoms with Crippen LogP contribution in [0.15, 0.2) is 18.2 Å². The molecule has 0 saturated heterocycles. The van der Waals surface area contributed by atoms with Gasteiger partial charge >= 0.3 is 0 Å². The number of benzene rings is 1. The SMILES string of the molecule is Cc1ccc([N+](=O)[O-])cc1-c1nc2c(s1)CNCC2. The highest BCUT2D eigenvalue weighted by Crippen LogP contribution is 2.33. The second kappa shape index (κ2) is 4.71. The maximum Gasteiger partial charge on any atom is 0.270 e. The van der Waals surface area contributed by atoms with Crippen molar-refractivity contribution in [2.24, 2.45) is 0 Å². The lowest BCUT2D eigenvalue weighted by atomic mass is 10.1. The first-order valence-corrected chi connectivity index (χ1v) is 6.91. The Hall–Kier alpha value is -1.79. The van der Waals surface area contributed by atoms with Crippen molar-refractivity contribution in [1.29, 1.82) is 0 Å². The summed E-state index contributed by atoms with van der Waals surface area (Å²) in [5.41, 5.74) is 3.13. The predicted octanol–water partition coefficient (Wildman–Crippen LogP) is 2.67. The van der Waals surface area contributed by atoms with Gasteiger partial charge in [0.15, 0.2) is 0 Å². The van der Waals surface area contributed by atoms with E-state index in [1.54, 1.807) is 23.5 Å². The smallest absolute Gasteiger partial charge is 0.270 e. The average Bonchev–Trinajstić information content (AvgIpc) is 2.82. The van der Waals surface area contributed by atoms with Crippen molar-refractivity contribution in [3.05, 3.63) is 44.4 Å². The number of nitro benzene ring substituents is 1. The molecule has 2 heterocycles. The molecule has 0 aliphatic carbocycles. The van der Waals surface area contributed by atoms with E-state index in [9.17, 15) is 10.1 Å². The Morgan fingerprint density at radius 3 is 3.05 bits per heavy atom. The van der Waals surface area contributed by atoms with Gasteiger partial charge in [-0.05, 0) is 12.5 Å². The number of aryl methyl sites for hydroxylation is 1. The molecule has 0 radical (unpaired) electrons. The van der Waals surface area contributed by atoms with Crippen molar-refractivity contribution in [3.63, 3.8) is 0 Å². The molecule has 6 heteroatoms. The molecule has 98 valence electrons. The largest absolute Gasteiger partial charge is 0.311 e. The lowest BCUT2D eigenvalue weighted by Crippen LogP contribution is -2.22. The van der Waals surface area contributed by atoms with E-state index in [1.165, 1.54) is 10.9 Å². The summed E-state index contributed by atoms with van der Waals surface area (Å²) < 4.78 is 0. The number of thiazole rings is 1. The van der Waals surface area contributed by atoms with Gasteiger partial charge in [0.05, 0.1) is 10.6 Å². The van der Waals surface area contributed by atoms with Gasteiger partial charge in [-0.3, -0.25) is 10.1 Å². The summed E-state index contributed by atoms with van der Waals surface area (Å²) in [5, 5.41) is 15.1. The molecule has 0 unspecified atom stereocenters. The first-order valence-electron chi connectivity index (χ1n) is 6.10. The van der Waals surface area contributed by atoms with E-state index >= 15 is 0 Å². The highest BCUT2D eigenvalue weighted by atomic mass is 32.1. The van der Waals surface area contributed by atoms with Crippen LogP contribution in [-0.4, -0.2) is 16.5 Å². The second-order valence-electron chi connectivity index (χ2n) is 4.57. The van der Waals surface area contributed by atoms with E-state index in [1.807, 2.05) is 6.92 Å². The van der Waals surface area contributed by atoms with Crippen LogP contribution in [0, 0.1) is 17.0 Å². The Morgan fingerprint density at radius 2 is 2.32 bits per heavy atom. The molecule has 0 atom stereocenters. The molecule has 0 spiro atoms. The summed E-state index contributed by atoms with van der Waals surface area (Å²) in [6.45, 7) is 3.75. The highest BCUT2D eigenvalue weighted by molar-refractivity contribution is 7.15. The van der Waals surface area contributed by atoms with Crippen LogP contribution in [0.2, 0.25) is 0 Å². The van der Waals surface area contributed by atoms with Crippen LogP contribution in [0.4, 0.5) is 5.69 Å². The minimum atomic E-state index is -0.363. The van der Waals surface area contributed by atoms with Crippen LogP contribution in [0.1, 0.15) is 16.1 Å². The quantitative estimate of drug-likeness (QED) is 0.676. The van der Waals surface area contributed by atoms with Gasteiger partial charge < -0.3 is 5.32 Å². The molecule has 1 N–H and O–H groups in total. The van der Waals surface area contributed by atoms with E-state index in [0.29, 0.717) is 0 Å². The van der Waals surface area contributed by atoms with Crippen molar-refractivity contribution in [3.8, 4) is 10.6 Å². The molecule has 0 bridgehead atoms. The fraction of sp³-hybridized carbons (Fsp3) is 0.308. The summed E-state index contributed by atoms with van der Waals surface area (Å²) in [6, 6.07) is 4.94. The highest BCUT2D eigenvalue weighted by Gasteiger charge is 2.18. The second-order valence-corrected chi connectivity index (χ2v) is 5.66. The Bertz CT molecular complexity index is 628. The monoisotopic (exact) mass is 275 g/mol. The minimum absolute atomic E-state index is 0.117. The van der Waals surface area contributed by atoms with Gasteiger partial charge in [0.25, 0.3) is 5.69 Å². The minimum Gasteiger partial charge on any atom is -0.311 e. The maximum atomic E-state index is 10.9. The number of nitrogens with zero attached hydrogens (tertiary/aromatic N) is 2. The number of rotatable bonds is 2. The van der Waals surface area contributed by atoms with Crippen LogP contribution in [-0.2, 0) is 13.0 Å². The summed E-state index contributed by atoms with van der Waals surface area (Å²) in [5.74, 6) is 0. The van der Waals surface area contributed by atoms with Crippen molar-refractivity contribution >= 4 is 17.0 Å². The first kappa shape index (κ1) is 12.3. The Kier molecular flexibility index (Phi) is 3.04. The van der Waals surface area contributed by atoms with Crippen molar-refractivity contribution in [2.75, 3.05) is 6.54 Å². The summed E-state index contributed by atoms with van der Waals surface area (Å²) >= 11 is 1.63. The number of non-ortho nitro benzene ring substituents is 1. The Balaban J connectivity index is 2.08. The molecule has 2 aromatic rings. The average molecular weight is 275 g/mol. The van der Waals surface area contributed by atoms with Gasteiger partial charge in [0.2, 0.25) is 0 Å². The van der Waals surface area contributed by atoms with Crippen LogP contribution >= 0.6 is 11.3 Å². The summed E-state index contributed by atoms with van der Waals surface area (Å²) in [6.07, 6.45) is 0.930. The molecule has 1 aromatic carbocycles. The fourth-order valence-electron chi connectivity index (χ4n) is 2.19. The van der Waals surface area contributed by atoms with Crippen molar-refractivity contribution < 1.29 is 4.92 Å². The third-order valence-electron chi connectivity index (χ3n) is 3.26. The Labute approximate surface area is 114 Å². The number of aromatic nitrogens is 1. The first-order chi connectivity index (χ1) is 9.15. The van der Waals surface area contributed by atoms with Crippen LogP contribution < -0.4 is 5.32 Å². The number of fused-ring (bicyclic) bond motifs is 1. The van der Waals surface area contributed by atoms with Crippen LogP contribution in [0.3, 0.4) is 0 Å². The molecule has 1 aliphatic rings. The molecule has 0 amide bonds. The lowest BCUT2D eigenvalue weighted by molar-refractivity contribution is -0.384. The molecule has 0 saturated carbocycles. The molecule has 1 aliphatic heterocycles. The van der Waals surface area contributed by atoms with E-state index < -0.39 is 0 Å². The van der Waals surface area contributed by atoms with Gasteiger partial charge in [0.1, 0.15) is 5.01 Å². The fourth-order valence-corrected chi connectivity index (χ4v) is 3.35. The molecular formula is C13H13N3O2S. The lowest BCUT2D eigenvalue weighted by Gasteiger charge is -2.09. The number of nitrogens with one attached hydrogen (secondary N) is 1. The van der Waals surface area contributed by atoms with E-state index in [4.69, 9.17) is 0 Å². The van der Waals surface area contributed by atoms with Gasteiger partial charge in [-0.25, -0.2) is 4.98 Å². The zero-order valence-electron chi connectivity index (χ0n) is 10.5. The number of hydrogen-bond acceptors (Lipinski definition) is 5. The standard InChI is InChI=1S/C13H13N3O2S/c1-8-2-3-9(16(17)18)6-10(8)13-15-11-4-5-14-7-12(11)19-13/h2-3,6,14H,4-5,7H2,1H3. The third kappa shape index (κ3) is 2.24. The van der Waals surface area contributed by atoms with Crippen molar-refractivity contribution in [1.82, 2.24) is 10.3 Å². The zero-order valence-corrected chi connectivity index (χ0v) is 11.3. The van der Waals surface area contributed by atoms with Gasteiger partial charge in [0, 0.05) is 42.1 Å². The number of nitro groups is 1. The molecule has 3 rings (SSSR count). The maximum absolute atomic E-state index is 10.9. The zero-order chi connectivity index (χ0) is 13.4.